The number of amides is 1. The van der Waals surface area contributed by atoms with Crippen molar-refractivity contribution < 1.29 is 14.7 Å². The lowest BCUT2D eigenvalue weighted by Gasteiger charge is -2.37. The van der Waals surface area contributed by atoms with Crippen molar-refractivity contribution in [2.24, 2.45) is 13.0 Å². The van der Waals surface area contributed by atoms with Gasteiger partial charge in [0.05, 0.1) is 0 Å². The number of hydrogen-bond donors (Lipinski definition) is 1. The minimum absolute atomic E-state index is 0.0434. The molecule has 0 aliphatic carbocycles. The van der Waals surface area contributed by atoms with Gasteiger partial charge in [-0.15, -0.1) is 0 Å². The van der Waals surface area contributed by atoms with Crippen LogP contribution in [-0.4, -0.2) is 49.2 Å². The Kier molecular flexibility index (Phi) is 4.33. The van der Waals surface area contributed by atoms with Crippen LogP contribution in [0.1, 0.15) is 30.1 Å². The summed E-state index contributed by atoms with van der Waals surface area (Å²) >= 11 is 0. The molecule has 1 N–H and O–H groups in total. The summed E-state index contributed by atoms with van der Waals surface area (Å²) in [6.07, 6.45) is 3.13. The van der Waals surface area contributed by atoms with Gasteiger partial charge in [-0.05, 0) is 30.9 Å². The highest BCUT2D eigenvalue weighted by atomic mass is 16.4. The number of aromatic nitrogens is 3. The van der Waals surface area contributed by atoms with E-state index in [-0.39, 0.29) is 11.8 Å². The molecular weight excluding hydrogens is 308 g/mol. The van der Waals surface area contributed by atoms with E-state index in [1.165, 1.54) is 11.2 Å². The fourth-order valence-electron chi connectivity index (χ4n) is 3.28. The first-order valence-electron chi connectivity index (χ1n) is 7.97. The zero-order valence-corrected chi connectivity index (χ0v) is 13.7. The Balaban J connectivity index is 1.84. The van der Waals surface area contributed by atoms with E-state index >= 15 is 0 Å². The van der Waals surface area contributed by atoms with Crippen molar-refractivity contribution in [2.45, 2.75) is 25.8 Å². The predicted octanol–water partition coefficient (Wildman–Crippen LogP) is 1.81. The van der Waals surface area contributed by atoms with E-state index in [1.807, 2.05) is 6.92 Å². The third-order valence-corrected chi connectivity index (χ3v) is 4.55. The highest BCUT2D eigenvalue weighted by Crippen LogP contribution is 2.26. The molecule has 1 aliphatic heterocycles. The Hall–Kier alpha value is -2.70. The van der Waals surface area contributed by atoms with Crippen LogP contribution in [0.15, 0.2) is 30.6 Å². The minimum Gasteiger partial charge on any atom is -0.480 e. The zero-order valence-electron chi connectivity index (χ0n) is 13.7. The molecule has 7 nitrogen and oxygen atoms in total. The third kappa shape index (κ3) is 2.89. The van der Waals surface area contributed by atoms with Crippen LogP contribution < -0.4 is 0 Å². The van der Waals surface area contributed by atoms with Crippen LogP contribution >= 0.6 is 0 Å². The zero-order chi connectivity index (χ0) is 17.3. The topological polar surface area (TPSA) is 88.3 Å². The van der Waals surface area contributed by atoms with E-state index in [1.54, 1.807) is 36.0 Å². The molecule has 1 aromatic carbocycles. The first-order chi connectivity index (χ1) is 11.5. The normalized spacial score (nSPS) is 20.8. The average Bonchev–Trinajstić information content (AvgIpc) is 3.00. The summed E-state index contributed by atoms with van der Waals surface area (Å²) in [6, 6.07) is 6.28. The summed E-state index contributed by atoms with van der Waals surface area (Å²) in [5.41, 5.74) is 1.34. The number of carbonyl (C=O) groups excluding carboxylic acids is 1. The van der Waals surface area contributed by atoms with Gasteiger partial charge in [0.25, 0.3) is 5.91 Å². The molecule has 0 unspecified atom stereocenters. The molecule has 1 aliphatic rings. The summed E-state index contributed by atoms with van der Waals surface area (Å²) in [7, 11) is 1.80. The maximum atomic E-state index is 12.8. The number of likely N-dealkylation sites (tertiary alicyclic amines) is 1. The molecule has 2 atom stereocenters. The van der Waals surface area contributed by atoms with Gasteiger partial charge in [0.1, 0.15) is 12.4 Å². The molecule has 0 saturated carbocycles. The summed E-state index contributed by atoms with van der Waals surface area (Å²) in [6.45, 7) is 2.36. The number of benzene rings is 1. The number of hydrogen-bond acceptors (Lipinski definition) is 4. The van der Waals surface area contributed by atoms with Crippen molar-refractivity contribution in [3.63, 3.8) is 0 Å². The van der Waals surface area contributed by atoms with Gasteiger partial charge in [0, 0.05) is 24.7 Å². The Morgan fingerprint density at radius 2 is 1.96 bits per heavy atom. The SMILES string of the molecule is C[C@@H]1CCCN(C(=O)c2ccc(-c3ncnn3C)cc2)[C@@H]1C(=O)O. The van der Waals surface area contributed by atoms with Crippen LogP contribution in [0.4, 0.5) is 0 Å². The number of carboxylic acid groups (broad SMARTS) is 1. The Morgan fingerprint density at radius 3 is 2.54 bits per heavy atom. The second kappa shape index (κ2) is 6.43. The van der Waals surface area contributed by atoms with Crippen molar-refractivity contribution in [2.75, 3.05) is 6.54 Å². The van der Waals surface area contributed by atoms with Gasteiger partial charge >= 0.3 is 5.97 Å². The van der Waals surface area contributed by atoms with E-state index in [0.717, 1.165) is 18.4 Å². The van der Waals surface area contributed by atoms with Crippen molar-refractivity contribution in [1.29, 1.82) is 0 Å². The first kappa shape index (κ1) is 16.2. The Bertz CT molecular complexity index is 753. The standard InChI is InChI=1S/C17H20N4O3/c1-11-4-3-9-21(14(11)17(23)24)16(22)13-7-5-12(6-8-13)15-18-10-19-20(15)2/h5-8,10-11,14H,3-4,9H2,1-2H3,(H,23,24)/t11-,14+/m1/s1. The van der Waals surface area contributed by atoms with E-state index in [2.05, 4.69) is 10.1 Å². The molecule has 0 spiro atoms. The molecule has 3 rings (SSSR count). The number of aryl methyl sites for hydroxylation is 1. The molecule has 2 heterocycles. The molecule has 7 heteroatoms. The number of aliphatic carboxylic acids is 1. The molecule has 126 valence electrons. The van der Waals surface area contributed by atoms with Crippen molar-refractivity contribution in [3.8, 4) is 11.4 Å². The lowest BCUT2D eigenvalue weighted by molar-refractivity contribution is -0.145. The van der Waals surface area contributed by atoms with Gasteiger partial charge in [0.2, 0.25) is 0 Å². The van der Waals surface area contributed by atoms with Crippen LogP contribution in [0.5, 0.6) is 0 Å². The summed E-state index contributed by atoms with van der Waals surface area (Å²) in [5.74, 6) is -0.508. The van der Waals surface area contributed by atoms with E-state index in [9.17, 15) is 14.7 Å². The highest BCUT2D eigenvalue weighted by molar-refractivity contribution is 5.97. The Labute approximate surface area is 139 Å². The fourth-order valence-corrected chi connectivity index (χ4v) is 3.28. The maximum absolute atomic E-state index is 12.8. The number of piperidine rings is 1. The monoisotopic (exact) mass is 328 g/mol. The van der Waals surface area contributed by atoms with Crippen molar-refractivity contribution in [1.82, 2.24) is 19.7 Å². The summed E-state index contributed by atoms with van der Waals surface area (Å²) < 4.78 is 1.66. The maximum Gasteiger partial charge on any atom is 0.326 e. The number of carboxylic acids is 1. The number of rotatable bonds is 3. The summed E-state index contributed by atoms with van der Waals surface area (Å²) in [4.78, 5) is 30.0. The van der Waals surface area contributed by atoms with Crippen LogP contribution in [0.2, 0.25) is 0 Å². The Morgan fingerprint density at radius 1 is 1.25 bits per heavy atom. The molecule has 1 fully saturated rings. The van der Waals surface area contributed by atoms with Crippen molar-refractivity contribution >= 4 is 11.9 Å². The second-order valence-corrected chi connectivity index (χ2v) is 6.19. The predicted molar refractivity (Wildman–Crippen MR) is 87.3 cm³/mol. The first-order valence-corrected chi connectivity index (χ1v) is 7.97. The lowest BCUT2D eigenvalue weighted by Crippen LogP contribution is -2.51. The van der Waals surface area contributed by atoms with Crippen LogP contribution in [0.3, 0.4) is 0 Å². The van der Waals surface area contributed by atoms with E-state index < -0.39 is 12.0 Å². The fraction of sp³-hybridized carbons (Fsp3) is 0.412. The largest absolute Gasteiger partial charge is 0.480 e. The lowest BCUT2D eigenvalue weighted by atomic mass is 9.90. The minimum atomic E-state index is -0.939. The van der Waals surface area contributed by atoms with E-state index in [0.29, 0.717) is 17.9 Å². The van der Waals surface area contributed by atoms with Gasteiger partial charge in [-0.1, -0.05) is 19.1 Å². The van der Waals surface area contributed by atoms with Crippen LogP contribution in [0, 0.1) is 5.92 Å². The van der Waals surface area contributed by atoms with Crippen molar-refractivity contribution in [3.05, 3.63) is 36.2 Å². The number of carbonyl (C=O) groups is 2. The molecule has 1 aromatic heterocycles. The van der Waals surface area contributed by atoms with Gasteiger partial charge in [0.15, 0.2) is 5.82 Å². The molecule has 0 radical (unpaired) electrons. The van der Waals surface area contributed by atoms with Crippen LogP contribution in [-0.2, 0) is 11.8 Å². The van der Waals surface area contributed by atoms with Gasteiger partial charge < -0.3 is 10.0 Å². The highest BCUT2D eigenvalue weighted by Gasteiger charge is 2.37. The molecule has 1 saturated heterocycles. The van der Waals surface area contributed by atoms with Gasteiger partial charge in [-0.25, -0.2) is 14.5 Å². The average molecular weight is 328 g/mol. The van der Waals surface area contributed by atoms with Gasteiger partial charge in [-0.2, -0.15) is 5.10 Å². The molecule has 0 bridgehead atoms. The number of nitrogens with zero attached hydrogens (tertiary/aromatic N) is 4. The molecular formula is C17H20N4O3. The van der Waals surface area contributed by atoms with Crippen LogP contribution in [0.25, 0.3) is 11.4 Å². The quantitative estimate of drug-likeness (QED) is 0.928. The molecule has 2 aromatic rings. The third-order valence-electron chi connectivity index (χ3n) is 4.55. The molecule has 1 amide bonds. The summed E-state index contributed by atoms with van der Waals surface area (Å²) in [5, 5.41) is 13.5. The second-order valence-electron chi connectivity index (χ2n) is 6.19. The van der Waals surface area contributed by atoms with E-state index in [4.69, 9.17) is 0 Å². The van der Waals surface area contributed by atoms with Gasteiger partial charge in [-0.3, -0.25) is 4.79 Å². The molecule has 24 heavy (non-hydrogen) atoms. The smallest absolute Gasteiger partial charge is 0.326 e.